The van der Waals surface area contributed by atoms with Gasteiger partial charge >= 0.3 is 0 Å². The first kappa shape index (κ1) is 17.9. The lowest BCUT2D eigenvalue weighted by molar-refractivity contribution is 0.146. The molecule has 0 rings (SSSR count). The molecule has 0 amide bonds. The predicted molar refractivity (Wildman–Crippen MR) is 82.4 cm³/mol. The smallest absolute Gasteiger partial charge is 0.192 e. The second-order valence-corrected chi connectivity index (χ2v) is 11.6. The SMILES string of the molecule is C=CC[C@H](O)CCC[C@H](C)O[Si](C)(C)C(C)(C)C. The molecule has 2 nitrogen and oxygen atoms in total. The third-order valence-electron chi connectivity index (χ3n) is 3.89. The molecule has 0 aliphatic heterocycles. The van der Waals surface area contributed by atoms with Crippen LogP contribution < -0.4 is 0 Å². The maximum absolute atomic E-state index is 9.62. The van der Waals surface area contributed by atoms with E-state index in [1.54, 1.807) is 6.08 Å². The van der Waals surface area contributed by atoms with E-state index in [2.05, 4.69) is 47.4 Å². The summed E-state index contributed by atoms with van der Waals surface area (Å²) < 4.78 is 6.28. The van der Waals surface area contributed by atoms with Crippen LogP contribution >= 0.6 is 0 Å². The molecule has 0 unspecified atom stereocenters. The van der Waals surface area contributed by atoms with Crippen LogP contribution in [0.25, 0.3) is 0 Å². The Hall–Kier alpha value is -0.123. The number of rotatable bonds is 8. The van der Waals surface area contributed by atoms with Gasteiger partial charge in [0.25, 0.3) is 0 Å². The topological polar surface area (TPSA) is 29.5 Å². The van der Waals surface area contributed by atoms with Gasteiger partial charge < -0.3 is 9.53 Å². The molecule has 18 heavy (non-hydrogen) atoms. The van der Waals surface area contributed by atoms with Crippen molar-refractivity contribution in [2.75, 3.05) is 0 Å². The van der Waals surface area contributed by atoms with Gasteiger partial charge in [0, 0.05) is 6.10 Å². The molecule has 0 heterocycles. The highest BCUT2D eigenvalue weighted by molar-refractivity contribution is 6.74. The lowest BCUT2D eigenvalue weighted by atomic mass is 10.1. The van der Waals surface area contributed by atoms with Gasteiger partial charge in [-0.2, -0.15) is 0 Å². The average Bonchev–Trinajstić information content (AvgIpc) is 2.15. The van der Waals surface area contributed by atoms with Crippen molar-refractivity contribution in [2.45, 2.75) is 83.7 Å². The van der Waals surface area contributed by atoms with Crippen molar-refractivity contribution in [2.24, 2.45) is 0 Å². The summed E-state index contributed by atoms with van der Waals surface area (Å²) in [7, 11) is -1.64. The largest absolute Gasteiger partial charge is 0.414 e. The number of hydrogen-bond acceptors (Lipinski definition) is 2. The summed E-state index contributed by atoms with van der Waals surface area (Å²) in [4.78, 5) is 0. The summed E-state index contributed by atoms with van der Waals surface area (Å²) in [6.07, 6.45) is 5.42. The van der Waals surface area contributed by atoms with E-state index in [-0.39, 0.29) is 11.1 Å². The molecular formula is C15H32O2Si. The van der Waals surface area contributed by atoms with E-state index in [1.807, 2.05) is 0 Å². The second-order valence-electron chi connectivity index (χ2n) is 6.80. The molecule has 0 saturated carbocycles. The molecule has 0 saturated heterocycles. The molecule has 0 aromatic rings. The third kappa shape index (κ3) is 6.71. The summed E-state index contributed by atoms with van der Waals surface area (Å²) in [5, 5.41) is 9.89. The van der Waals surface area contributed by atoms with Crippen LogP contribution in [0.1, 0.15) is 53.4 Å². The molecule has 0 aromatic heterocycles. The number of aliphatic hydroxyl groups is 1. The van der Waals surface area contributed by atoms with E-state index in [4.69, 9.17) is 4.43 Å². The number of aliphatic hydroxyl groups excluding tert-OH is 1. The first-order chi connectivity index (χ1) is 8.10. The van der Waals surface area contributed by atoms with Gasteiger partial charge in [-0.3, -0.25) is 0 Å². The van der Waals surface area contributed by atoms with Crippen LogP contribution in [0, 0.1) is 0 Å². The van der Waals surface area contributed by atoms with Gasteiger partial charge in [-0.25, -0.2) is 0 Å². The van der Waals surface area contributed by atoms with Crippen LogP contribution in [0.5, 0.6) is 0 Å². The Morgan fingerprint density at radius 1 is 1.28 bits per heavy atom. The highest BCUT2D eigenvalue weighted by atomic mass is 28.4. The minimum Gasteiger partial charge on any atom is -0.414 e. The lowest BCUT2D eigenvalue weighted by Crippen LogP contribution is -2.43. The molecule has 0 aliphatic rings. The third-order valence-corrected chi connectivity index (χ3v) is 8.49. The van der Waals surface area contributed by atoms with Crippen LogP contribution in [0.4, 0.5) is 0 Å². The highest BCUT2D eigenvalue weighted by Crippen LogP contribution is 2.37. The van der Waals surface area contributed by atoms with E-state index in [1.165, 1.54) is 0 Å². The molecule has 0 fully saturated rings. The Morgan fingerprint density at radius 2 is 1.83 bits per heavy atom. The monoisotopic (exact) mass is 272 g/mol. The van der Waals surface area contributed by atoms with Gasteiger partial charge in [-0.15, -0.1) is 6.58 Å². The summed E-state index contributed by atoms with van der Waals surface area (Å²) in [5.74, 6) is 0. The standard InChI is InChI=1S/C15H32O2Si/c1-8-10-14(16)12-9-11-13(2)17-18(6,7)15(3,4)5/h8,13-14,16H,1,9-12H2,2-7H3/t13-,14-/m0/s1. The van der Waals surface area contributed by atoms with Crippen molar-refractivity contribution in [3.05, 3.63) is 12.7 Å². The Morgan fingerprint density at radius 3 is 2.28 bits per heavy atom. The average molecular weight is 273 g/mol. The van der Waals surface area contributed by atoms with E-state index >= 15 is 0 Å². The summed E-state index contributed by atoms with van der Waals surface area (Å²) in [5.41, 5.74) is 0. The first-order valence-corrected chi connectivity index (χ1v) is 9.97. The molecular weight excluding hydrogens is 240 g/mol. The number of hydrogen-bond donors (Lipinski definition) is 1. The molecule has 1 N–H and O–H groups in total. The summed E-state index contributed by atoms with van der Waals surface area (Å²) in [6, 6.07) is 0. The summed E-state index contributed by atoms with van der Waals surface area (Å²) in [6.45, 7) is 17.2. The maximum Gasteiger partial charge on any atom is 0.192 e. The zero-order chi connectivity index (χ0) is 14.4. The minimum absolute atomic E-state index is 0.234. The molecule has 108 valence electrons. The molecule has 0 spiro atoms. The van der Waals surface area contributed by atoms with Crippen molar-refractivity contribution in [1.29, 1.82) is 0 Å². The molecule has 0 aromatic carbocycles. The van der Waals surface area contributed by atoms with Crippen LogP contribution in [-0.2, 0) is 4.43 Å². The Kier molecular flexibility index (Phi) is 7.41. The zero-order valence-corrected chi connectivity index (χ0v) is 14.1. The van der Waals surface area contributed by atoms with Crippen molar-refractivity contribution in [3.8, 4) is 0 Å². The normalized spacial score (nSPS) is 16.4. The van der Waals surface area contributed by atoms with Gasteiger partial charge in [0.2, 0.25) is 0 Å². The van der Waals surface area contributed by atoms with E-state index in [0.29, 0.717) is 12.5 Å². The Bertz CT molecular complexity index is 243. The van der Waals surface area contributed by atoms with Crippen molar-refractivity contribution >= 4 is 8.32 Å². The molecule has 2 atom stereocenters. The lowest BCUT2D eigenvalue weighted by Gasteiger charge is -2.38. The second kappa shape index (κ2) is 7.46. The molecule has 0 radical (unpaired) electrons. The highest BCUT2D eigenvalue weighted by Gasteiger charge is 2.38. The fourth-order valence-electron chi connectivity index (χ4n) is 1.69. The van der Waals surface area contributed by atoms with Gasteiger partial charge in [0.15, 0.2) is 8.32 Å². The molecule has 0 bridgehead atoms. The van der Waals surface area contributed by atoms with Gasteiger partial charge in [0.05, 0.1) is 6.10 Å². The fourth-order valence-corrected chi connectivity index (χ4v) is 3.17. The van der Waals surface area contributed by atoms with Crippen LogP contribution in [-0.4, -0.2) is 25.6 Å². The predicted octanol–water partition coefficient (Wildman–Crippen LogP) is 4.50. The Labute approximate surface area is 115 Å². The molecule has 3 heteroatoms. The fraction of sp³-hybridized carbons (Fsp3) is 0.867. The minimum atomic E-state index is -1.64. The van der Waals surface area contributed by atoms with E-state index in [0.717, 1.165) is 19.3 Å². The van der Waals surface area contributed by atoms with Crippen LogP contribution in [0.3, 0.4) is 0 Å². The van der Waals surface area contributed by atoms with E-state index < -0.39 is 8.32 Å². The Balaban J connectivity index is 3.98. The van der Waals surface area contributed by atoms with Crippen molar-refractivity contribution < 1.29 is 9.53 Å². The molecule has 0 aliphatic carbocycles. The van der Waals surface area contributed by atoms with Crippen LogP contribution in [0.15, 0.2) is 12.7 Å². The first-order valence-electron chi connectivity index (χ1n) is 7.07. The maximum atomic E-state index is 9.62. The van der Waals surface area contributed by atoms with Gasteiger partial charge in [0.1, 0.15) is 0 Å². The van der Waals surface area contributed by atoms with Gasteiger partial charge in [-0.1, -0.05) is 26.8 Å². The van der Waals surface area contributed by atoms with E-state index in [9.17, 15) is 5.11 Å². The van der Waals surface area contributed by atoms with Crippen LogP contribution in [0.2, 0.25) is 18.1 Å². The van der Waals surface area contributed by atoms with Crippen molar-refractivity contribution in [1.82, 2.24) is 0 Å². The quantitative estimate of drug-likeness (QED) is 0.520. The zero-order valence-electron chi connectivity index (χ0n) is 13.1. The summed E-state index contributed by atoms with van der Waals surface area (Å²) >= 11 is 0. The van der Waals surface area contributed by atoms with Crippen molar-refractivity contribution in [3.63, 3.8) is 0 Å². The van der Waals surface area contributed by atoms with Gasteiger partial charge in [-0.05, 0) is 50.7 Å².